The van der Waals surface area contributed by atoms with Gasteiger partial charge in [0.25, 0.3) is 5.22 Å². The van der Waals surface area contributed by atoms with Crippen molar-refractivity contribution in [1.29, 1.82) is 0 Å². The van der Waals surface area contributed by atoms with Crippen molar-refractivity contribution in [1.82, 2.24) is 10.2 Å². The molecule has 0 amide bonds. The van der Waals surface area contributed by atoms with E-state index in [0.29, 0.717) is 17.7 Å². The Morgan fingerprint density at radius 3 is 2.73 bits per heavy atom. The first-order valence-electron chi connectivity index (χ1n) is 4.62. The maximum atomic E-state index is 5.46. The summed E-state index contributed by atoms with van der Waals surface area (Å²) in [6.45, 7) is 0.605. The van der Waals surface area contributed by atoms with Gasteiger partial charge in [-0.25, -0.2) is 0 Å². The molecule has 0 radical (unpaired) electrons. The van der Waals surface area contributed by atoms with E-state index >= 15 is 0 Å². The van der Waals surface area contributed by atoms with E-state index in [4.69, 9.17) is 10.2 Å². The van der Waals surface area contributed by atoms with Crippen LogP contribution >= 0.6 is 11.8 Å². The summed E-state index contributed by atoms with van der Waals surface area (Å²) in [6.07, 6.45) is 0. The summed E-state index contributed by atoms with van der Waals surface area (Å²) in [5, 5.41) is 8.45. The van der Waals surface area contributed by atoms with E-state index < -0.39 is 0 Å². The van der Waals surface area contributed by atoms with Gasteiger partial charge in [-0.2, -0.15) is 0 Å². The summed E-state index contributed by atoms with van der Waals surface area (Å²) in [6, 6.07) is 9.69. The molecule has 0 unspecified atom stereocenters. The Balaban J connectivity index is 2.14. The standard InChI is InChI=1S/C10H11N3OS/c11-6-7-15-10-13-12-9(14-10)8-4-2-1-3-5-8/h1-5H,6-7,11H2. The zero-order valence-electron chi connectivity index (χ0n) is 8.09. The maximum Gasteiger partial charge on any atom is 0.276 e. The van der Waals surface area contributed by atoms with Crippen LogP contribution in [0.15, 0.2) is 40.0 Å². The van der Waals surface area contributed by atoms with Gasteiger partial charge in [-0.05, 0) is 12.1 Å². The third-order valence-electron chi connectivity index (χ3n) is 1.77. The van der Waals surface area contributed by atoms with Crippen molar-refractivity contribution in [3.8, 4) is 11.5 Å². The Kier molecular flexibility index (Phi) is 3.37. The normalized spacial score (nSPS) is 10.5. The molecule has 0 fully saturated rings. The van der Waals surface area contributed by atoms with Crippen molar-refractivity contribution in [2.24, 2.45) is 5.73 Å². The molecule has 2 N–H and O–H groups in total. The first-order chi connectivity index (χ1) is 7.40. The number of aromatic nitrogens is 2. The van der Waals surface area contributed by atoms with Crippen molar-refractivity contribution in [3.05, 3.63) is 30.3 Å². The highest BCUT2D eigenvalue weighted by Gasteiger charge is 2.07. The first-order valence-corrected chi connectivity index (χ1v) is 5.60. The lowest BCUT2D eigenvalue weighted by Crippen LogP contribution is -2.00. The highest BCUT2D eigenvalue weighted by molar-refractivity contribution is 7.99. The number of benzene rings is 1. The quantitative estimate of drug-likeness (QED) is 0.797. The van der Waals surface area contributed by atoms with Gasteiger partial charge in [0.05, 0.1) is 0 Å². The second-order valence-corrected chi connectivity index (χ2v) is 3.92. The summed E-state index contributed by atoms with van der Waals surface area (Å²) in [5.41, 5.74) is 6.32. The van der Waals surface area contributed by atoms with E-state index in [1.54, 1.807) is 0 Å². The van der Waals surface area contributed by atoms with Crippen molar-refractivity contribution < 1.29 is 4.42 Å². The van der Waals surface area contributed by atoms with E-state index in [2.05, 4.69) is 10.2 Å². The predicted molar refractivity (Wildman–Crippen MR) is 59.5 cm³/mol. The molecule has 1 aromatic heterocycles. The predicted octanol–water partition coefficient (Wildman–Crippen LogP) is 1.79. The maximum absolute atomic E-state index is 5.46. The average molecular weight is 221 g/mol. The molecule has 15 heavy (non-hydrogen) atoms. The van der Waals surface area contributed by atoms with Crippen molar-refractivity contribution in [3.63, 3.8) is 0 Å². The topological polar surface area (TPSA) is 64.9 Å². The van der Waals surface area contributed by atoms with E-state index in [0.717, 1.165) is 11.3 Å². The molecule has 2 aromatic rings. The van der Waals surface area contributed by atoms with Crippen LogP contribution in [-0.4, -0.2) is 22.5 Å². The van der Waals surface area contributed by atoms with Crippen LogP contribution in [0.1, 0.15) is 0 Å². The molecule has 0 bridgehead atoms. The first kappa shape index (κ1) is 10.2. The number of nitrogens with zero attached hydrogens (tertiary/aromatic N) is 2. The lowest BCUT2D eigenvalue weighted by molar-refractivity contribution is 0.466. The van der Waals surface area contributed by atoms with Crippen molar-refractivity contribution >= 4 is 11.8 Å². The molecular formula is C10H11N3OS. The molecule has 1 heterocycles. The van der Waals surface area contributed by atoms with Crippen molar-refractivity contribution in [2.45, 2.75) is 5.22 Å². The Morgan fingerprint density at radius 1 is 1.20 bits per heavy atom. The molecular weight excluding hydrogens is 210 g/mol. The van der Waals surface area contributed by atoms with Crippen LogP contribution in [0.5, 0.6) is 0 Å². The highest BCUT2D eigenvalue weighted by Crippen LogP contribution is 2.22. The van der Waals surface area contributed by atoms with Crippen LogP contribution in [0.4, 0.5) is 0 Å². The fourth-order valence-electron chi connectivity index (χ4n) is 1.11. The molecule has 0 aliphatic heterocycles. The van der Waals surface area contributed by atoms with E-state index in [1.807, 2.05) is 30.3 Å². The second kappa shape index (κ2) is 4.95. The zero-order valence-corrected chi connectivity index (χ0v) is 8.91. The van der Waals surface area contributed by atoms with Gasteiger partial charge < -0.3 is 10.2 Å². The van der Waals surface area contributed by atoms with Crippen LogP contribution in [0.25, 0.3) is 11.5 Å². The third kappa shape index (κ3) is 2.57. The molecule has 4 nitrogen and oxygen atoms in total. The molecule has 0 spiro atoms. The van der Waals surface area contributed by atoms with E-state index in [-0.39, 0.29) is 0 Å². The van der Waals surface area contributed by atoms with Crippen LogP contribution in [-0.2, 0) is 0 Å². The number of thioether (sulfide) groups is 1. The molecule has 2 rings (SSSR count). The molecule has 0 saturated carbocycles. The minimum atomic E-state index is 0.551. The molecule has 1 aromatic carbocycles. The fourth-order valence-corrected chi connectivity index (χ4v) is 1.64. The summed E-state index contributed by atoms with van der Waals surface area (Å²) in [5.74, 6) is 1.34. The van der Waals surface area contributed by atoms with Gasteiger partial charge in [-0.1, -0.05) is 30.0 Å². The number of nitrogens with two attached hydrogens (primary N) is 1. The lowest BCUT2D eigenvalue weighted by Gasteiger charge is -1.92. The van der Waals surface area contributed by atoms with E-state index in [9.17, 15) is 0 Å². The van der Waals surface area contributed by atoms with Gasteiger partial charge in [0.1, 0.15) is 0 Å². The lowest BCUT2D eigenvalue weighted by atomic mass is 10.2. The molecule has 5 heteroatoms. The molecule has 0 aliphatic carbocycles. The summed E-state index contributed by atoms with van der Waals surface area (Å²) in [7, 11) is 0. The van der Waals surface area contributed by atoms with Crippen LogP contribution in [0.2, 0.25) is 0 Å². The van der Waals surface area contributed by atoms with Gasteiger partial charge >= 0.3 is 0 Å². The summed E-state index contributed by atoms with van der Waals surface area (Å²) in [4.78, 5) is 0. The monoisotopic (exact) mass is 221 g/mol. The average Bonchev–Trinajstić information content (AvgIpc) is 2.76. The smallest absolute Gasteiger partial charge is 0.276 e. The van der Waals surface area contributed by atoms with Crippen LogP contribution in [0.3, 0.4) is 0 Å². The Labute approximate surface area is 91.9 Å². The summed E-state index contributed by atoms with van der Waals surface area (Å²) < 4.78 is 5.46. The van der Waals surface area contributed by atoms with Gasteiger partial charge in [0, 0.05) is 17.9 Å². The van der Waals surface area contributed by atoms with Crippen molar-refractivity contribution in [2.75, 3.05) is 12.3 Å². The van der Waals surface area contributed by atoms with Crippen LogP contribution < -0.4 is 5.73 Å². The highest BCUT2D eigenvalue weighted by atomic mass is 32.2. The Bertz CT molecular complexity index is 416. The SMILES string of the molecule is NCCSc1nnc(-c2ccccc2)o1. The fraction of sp³-hybridized carbons (Fsp3) is 0.200. The van der Waals surface area contributed by atoms with Gasteiger partial charge in [-0.3, -0.25) is 0 Å². The summed E-state index contributed by atoms with van der Waals surface area (Å²) >= 11 is 1.47. The van der Waals surface area contributed by atoms with Gasteiger partial charge in [0.2, 0.25) is 5.89 Å². The Hall–Kier alpha value is -1.33. The molecule has 78 valence electrons. The third-order valence-corrected chi connectivity index (χ3v) is 2.62. The van der Waals surface area contributed by atoms with Crippen LogP contribution in [0, 0.1) is 0 Å². The van der Waals surface area contributed by atoms with Gasteiger partial charge in [-0.15, -0.1) is 10.2 Å². The second-order valence-electron chi connectivity index (χ2n) is 2.88. The minimum absolute atomic E-state index is 0.551. The number of hydrogen-bond donors (Lipinski definition) is 1. The molecule has 0 atom stereocenters. The van der Waals surface area contributed by atoms with Gasteiger partial charge in [0.15, 0.2) is 0 Å². The minimum Gasteiger partial charge on any atom is -0.411 e. The molecule has 0 saturated heterocycles. The largest absolute Gasteiger partial charge is 0.411 e. The van der Waals surface area contributed by atoms with E-state index in [1.165, 1.54) is 11.8 Å². The number of rotatable bonds is 4. The number of hydrogen-bond acceptors (Lipinski definition) is 5. The zero-order chi connectivity index (χ0) is 10.5. The molecule has 0 aliphatic rings. The Morgan fingerprint density at radius 2 is 2.00 bits per heavy atom.